The molecule has 0 aromatic heterocycles. The molecule has 11 heteroatoms. The summed E-state index contributed by atoms with van der Waals surface area (Å²) in [7, 11) is 0. The molecule has 1 N–H and O–H groups in total. The third kappa shape index (κ3) is 4.14. The second kappa shape index (κ2) is 7.77. The summed E-state index contributed by atoms with van der Waals surface area (Å²) < 4.78 is 79.0. The molecular formula is C18H19F6N2O3-. The van der Waals surface area contributed by atoms with Crippen LogP contribution in [0.5, 0.6) is 0 Å². The average Bonchev–Trinajstić information content (AvgIpc) is 2.59. The van der Waals surface area contributed by atoms with Gasteiger partial charge in [-0.05, 0) is 31.5 Å². The number of aliphatic hydroxyl groups is 1. The zero-order valence-electron chi connectivity index (χ0n) is 15.5. The van der Waals surface area contributed by atoms with Gasteiger partial charge in [0.15, 0.2) is 0 Å². The Morgan fingerprint density at radius 1 is 1.17 bits per heavy atom. The van der Waals surface area contributed by atoms with Gasteiger partial charge in [0.05, 0.1) is 0 Å². The van der Waals surface area contributed by atoms with Crippen LogP contribution >= 0.6 is 0 Å². The van der Waals surface area contributed by atoms with Crippen LogP contribution in [0, 0.1) is 0 Å². The quantitative estimate of drug-likeness (QED) is 0.757. The number of carbonyl (C=O) groups is 1. The van der Waals surface area contributed by atoms with Crippen molar-refractivity contribution in [2.45, 2.75) is 37.8 Å². The van der Waals surface area contributed by atoms with Gasteiger partial charge in [0, 0.05) is 36.9 Å². The summed E-state index contributed by atoms with van der Waals surface area (Å²) in [6.07, 6.45) is -10.6. The fourth-order valence-electron chi connectivity index (χ4n) is 3.32. The fraction of sp³-hybridized carbons (Fsp3) is 0.500. The van der Waals surface area contributed by atoms with E-state index in [1.165, 1.54) is 19.1 Å². The molecule has 0 spiro atoms. The highest BCUT2D eigenvalue weighted by atomic mass is 19.4. The standard InChI is InChI=1S/C18H20F6N2O3/c1-3-4-12-9-13(16(29,17(19,20)21)18(22,23)24)5-6-14(12)26-8-7-25(15(27)28)10-11(26)2/h3-6,9,11,29H,7-8,10H2,1-2H3,(H,27,28)/p-1/b4-3-/t11-/m1/s1. The van der Waals surface area contributed by atoms with Gasteiger partial charge in [-0.15, -0.1) is 0 Å². The molecule has 162 valence electrons. The van der Waals surface area contributed by atoms with E-state index in [1.807, 2.05) is 0 Å². The van der Waals surface area contributed by atoms with E-state index in [4.69, 9.17) is 0 Å². The molecule has 1 fully saturated rings. The Labute approximate surface area is 162 Å². The van der Waals surface area contributed by atoms with E-state index in [2.05, 4.69) is 0 Å². The van der Waals surface area contributed by atoms with Crippen molar-refractivity contribution in [3.63, 3.8) is 0 Å². The maximum atomic E-state index is 13.2. The number of rotatable bonds is 3. The van der Waals surface area contributed by atoms with Crippen molar-refractivity contribution in [1.82, 2.24) is 4.90 Å². The van der Waals surface area contributed by atoms with Crippen LogP contribution in [0.15, 0.2) is 24.3 Å². The molecular weight excluding hydrogens is 406 g/mol. The molecule has 1 amide bonds. The Hall–Kier alpha value is -2.43. The second-order valence-electron chi connectivity index (χ2n) is 6.73. The predicted molar refractivity (Wildman–Crippen MR) is 90.9 cm³/mol. The highest BCUT2D eigenvalue weighted by Gasteiger charge is 2.71. The summed E-state index contributed by atoms with van der Waals surface area (Å²) in [4.78, 5) is 13.7. The summed E-state index contributed by atoms with van der Waals surface area (Å²) in [5.41, 5.74) is -6.01. The second-order valence-corrected chi connectivity index (χ2v) is 6.73. The maximum absolute atomic E-state index is 13.2. The van der Waals surface area contributed by atoms with Gasteiger partial charge in [0.2, 0.25) is 0 Å². The zero-order chi connectivity index (χ0) is 22.2. The highest BCUT2D eigenvalue weighted by Crippen LogP contribution is 2.50. The molecule has 0 bridgehead atoms. The summed E-state index contributed by atoms with van der Waals surface area (Å²) in [5, 5.41) is 20.6. The summed E-state index contributed by atoms with van der Waals surface area (Å²) in [5.74, 6) is 0. The number of halogens is 6. The van der Waals surface area contributed by atoms with Gasteiger partial charge in [-0.2, -0.15) is 26.3 Å². The first kappa shape index (κ1) is 22.9. The van der Waals surface area contributed by atoms with Gasteiger partial charge in [0.25, 0.3) is 5.60 Å². The Bertz CT molecular complexity index is 777. The van der Waals surface area contributed by atoms with Crippen molar-refractivity contribution < 1.29 is 41.4 Å². The van der Waals surface area contributed by atoms with E-state index < -0.39 is 35.7 Å². The number of hydrogen-bond donors (Lipinski definition) is 1. The number of anilines is 1. The molecule has 0 saturated carbocycles. The summed E-state index contributed by atoms with van der Waals surface area (Å²) in [6.45, 7) is 3.51. The topological polar surface area (TPSA) is 66.8 Å². The van der Waals surface area contributed by atoms with Gasteiger partial charge in [-0.25, -0.2) is 0 Å². The third-order valence-corrected chi connectivity index (χ3v) is 4.81. The highest BCUT2D eigenvalue weighted by molar-refractivity contribution is 5.70. The minimum absolute atomic E-state index is 0.0330. The normalized spacial score (nSPS) is 19.1. The minimum atomic E-state index is -5.98. The molecule has 1 atom stereocenters. The van der Waals surface area contributed by atoms with Crippen LogP contribution in [0.25, 0.3) is 6.08 Å². The molecule has 2 rings (SSSR count). The number of nitrogens with zero attached hydrogens (tertiary/aromatic N) is 2. The average molecular weight is 425 g/mol. The first-order chi connectivity index (χ1) is 13.2. The van der Waals surface area contributed by atoms with Crippen LogP contribution < -0.4 is 10.0 Å². The largest absolute Gasteiger partial charge is 0.530 e. The number of benzene rings is 1. The number of allylic oxidation sites excluding steroid dienone is 1. The lowest BCUT2D eigenvalue weighted by molar-refractivity contribution is -0.376. The first-order valence-electron chi connectivity index (χ1n) is 8.59. The van der Waals surface area contributed by atoms with Crippen LogP contribution in [-0.4, -0.2) is 54.1 Å². The lowest BCUT2D eigenvalue weighted by Gasteiger charge is -2.43. The van der Waals surface area contributed by atoms with Crippen molar-refractivity contribution in [3.8, 4) is 0 Å². The van der Waals surface area contributed by atoms with Gasteiger partial charge >= 0.3 is 12.4 Å². The number of piperazine rings is 1. The van der Waals surface area contributed by atoms with Crippen molar-refractivity contribution in [3.05, 3.63) is 35.4 Å². The number of carbonyl (C=O) groups excluding carboxylic acids is 1. The van der Waals surface area contributed by atoms with Crippen LogP contribution in [0.4, 0.5) is 36.8 Å². The molecule has 0 radical (unpaired) electrons. The van der Waals surface area contributed by atoms with Crippen LogP contribution in [0.1, 0.15) is 25.0 Å². The van der Waals surface area contributed by atoms with E-state index in [-0.39, 0.29) is 25.2 Å². The van der Waals surface area contributed by atoms with Crippen molar-refractivity contribution in [1.29, 1.82) is 0 Å². The molecule has 1 aromatic rings. The lowest BCUT2D eigenvalue weighted by atomic mass is 9.90. The molecule has 1 aromatic carbocycles. The lowest BCUT2D eigenvalue weighted by Crippen LogP contribution is -2.57. The number of carboxylic acid groups (broad SMARTS) is 1. The molecule has 1 aliphatic heterocycles. The Kier molecular flexibility index (Phi) is 6.12. The van der Waals surface area contributed by atoms with E-state index >= 15 is 0 Å². The molecule has 0 unspecified atom stereocenters. The maximum Gasteiger partial charge on any atom is 0.430 e. The van der Waals surface area contributed by atoms with Gasteiger partial charge in [-0.3, -0.25) is 0 Å². The Morgan fingerprint density at radius 3 is 2.21 bits per heavy atom. The monoisotopic (exact) mass is 425 g/mol. The van der Waals surface area contributed by atoms with Crippen molar-refractivity contribution >= 4 is 17.9 Å². The summed E-state index contributed by atoms with van der Waals surface area (Å²) >= 11 is 0. The van der Waals surface area contributed by atoms with Gasteiger partial charge in [-0.1, -0.05) is 18.2 Å². The smallest absolute Gasteiger partial charge is 0.430 e. The van der Waals surface area contributed by atoms with Gasteiger partial charge < -0.3 is 24.8 Å². The molecule has 1 heterocycles. The van der Waals surface area contributed by atoms with E-state index in [0.717, 1.165) is 11.0 Å². The zero-order valence-corrected chi connectivity index (χ0v) is 15.5. The minimum Gasteiger partial charge on any atom is -0.530 e. The third-order valence-electron chi connectivity index (χ3n) is 4.81. The molecule has 1 aliphatic rings. The number of alkyl halides is 6. The SMILES string of the molecule is C/C=C\c1cc(C(O)(C(F)(F)F)C(F)(F)F)ccc1N1CCN(C(=O)[O-])C[C@H]1C. The van der Waals surface area contributed by atoms with Crippen LogP contribution in [-0.2, 0) is 5.60 Å². The number of hydrogen-bond acceptors (Lipinski definition) is 4. The van der Waals surface area contributed by atoms with E-state index in [1.54, 1.807) is 11.8 Å². The Morgan fingerprint density at radius 2 is 1.76 bits per heavy atom. The molecule has 1 saturated heterocycles. The Balaban J connectivity index is 2.53. The first-order valence-corrected chi connectivity index (χ1v) is 8.59. The van der Waals surface area contributed by atoms with Crippen LogP contribution in [0.2, 0.25) is 0 Å². The molecule has 0 aliphatic carbocycles. The number of amides is 1. The fourth-order valence-corrected chi connectivity index (χ4v) is 3.32. The predicted octanol–water partition coefficient (Wildman–Crippen LogP) is 2.89. The van der Waals surface area contributed by atoms with E-state index in [0.29, 0.717) is 17.8 Å². The molecule has 29 heavy (non-hydrogen) atoms. The molecule has 5 nitrogen and oxygen atoms in total. The van der Waals surface area contributed by atoms with Crippen molar-refractivity contribution in [2.24, 2.45) is 0 Å². The van der Waals surface area contributed by atoms with Crippen molar-refractivity contribution in [2.75, 3.05) is 24.5 Å². The van der Waals surface area contributed by atoms with E-state index in [9.17, 15) is 41.4 Å². The van der Waals surface area contributed by atoms with Crippen LogP contribution in [0.3, 0.4) is 0 Å². The summed E-state index contributed by atoms with van der Waals surface area (Å²) in [6, 6.07) is 1.90. The van der Waals surface area contributed by atoms with Gasteiger partial charge in [0.1, 0.15) is 6.09 Å².